The highest BCUT2D eigenvalue weighted by atomic mass is 16.6. The summed E-state index contributed by atoms with van der Waals surface area (Å²) < 4.78 is 0. The molecule has 1 heterocycles. The molecule has 0 fully saturated rings. The van der Waals surface area contributed by atoms with E-state index in [1.165, 1.54) is 0 Å². The summed E-state index contributed by atoms with van der Waals surface area (Å²) >= 11 is 0. The van der Waals surface area contributed by atoms with Crippen molar-refractivity contribution >= 4 is 11.7 Å². The SMILES string of the molecule is O=C(O)c1cc(=O)c([N+](=O)[O-])c[nH]1. The van der Waals surface area contributed by atoms with Gasteiger partial charge in [0.25, 0.3) is 5.43 Å². The molecule has 68 valence electrons. The molecule has 0 amide bonds. The number of H-pyrrole nitrogens is 1. The number of hydrogen-bond donors (Lipinski definition) is 2. The fraction of sp³-hybridized carbons (Fsp3) is 0. The predicted molar refractivity (Wildman–Crippen MR) is 40.7 cm³/mol. The first-order valence-electron chi connectivity index (χ1n) is 3.13. The summed E-state index contributed by atoms with van der Waals surface area (Å²) in [4.78, 5) is 32.5. The largest absolute Gasteiger partial charge is 0.477 e. The lowest BCUT2D eigenvalue weighted by Crippen LogP contribution is -2.12. The third kappa shape index (κ3) is 1.70. The number of nitrogens with one attached hydrogen (secondary N) is 1. The Kier molecular flexibility index (Phi) is 2.09. The molecule has 1 aromatic heterocycles. The Morgan fingerprint density at radius 1 is 1.62 bits per heavy atom. The van der Waals surface area contributed by atoms with Gasteiger partial charge in [-0.25, -0.2) is 4.79 Å². The van der Waals surface area contributed by atoms with Crippen LogP contribution in [0, 0.1) is 10.1 Å². The van der Waals surface area contributed by atoms with E-state index >= 15 is 0 Å². The highest BCUT2D eigenvalue weighted by Crippen LogP contribution is 2.01. The molecule has 0 saturated heterocycles. The second-order valence-electron chi connectivity index (χ2n) is 2.16. The molecule has 1 aromatic rings. The first-order chi connectivity index (χ1) is 6.02. The zero-order chi connectivity index (χ0) is 10.0. The van der Waals surface area contributed by atoms with Gasteiger partial charge in [0.2, 0.25) is 0 Å². The average Bonchev–Trinajstić information content (AvgIpc) is 2.03. The van der Waals surface area contributed by atoms with Crippen molar-refractivity contribution in [3.05, 3.63) is 38.3 Å². The van der Waals surface area contributed by atoms with E-state index in [1.807, 2.05) is 0 Å². The summed E-state index contributed by atoms with van der Waals surface area (Å²) in [7, 11) is 0. The van der Waals surface area contributed by atoms with Crippen molar-refractivity contribution in [1.82, 2.24) is 4.98 Å². The zero-order valence-electron chi connectivity index (χ0n) is 6.18. The molecule has 0 atom stereocenters. The van der Waals surface area contributed by atoms with Crippen LogP contribution in [0.2, 0.25) is 0 Å². The second-order valence-corrected chi connectivity index (χ2v) is 2.16. The van der Waals surface area contributed by atoms with Crippen LogP contribution in [0.4, 0.5) is 5.69 Å². The number of carbonyl (C=O) groups is 1. The van der Waals surface area contributed by atoms with Crippen LogP contribution >= 0.6 is 0 Å². The number of hydrogen-bond acceptors (Lipinski definition) is 4. The number of nitrogens with zero attached hydrogens (tertiary/aromatic N) is 1. The predicted octanol–water partition coefficient (Wildman–Crippen LogP) is -0.0187. The number of nitro groups is 1. The van der Waals surface area contributed by atoms with Crippen molar-refractivity contribution in [2.45, 2.75) is 0 Å². The van der Waals surface area contributed by atoms with Crippen LogP contribution in [0.1, 0.15) is 10.5 Å². The first kappa shape index (κ1) is 8.91. The number of carboxylic acids is 1. The minimum absolute atomic E-state index is 0.379. The van der Waals surface area contributed by atoms with Crippen molar-refractivity contribution in [3.8, 4) is 0 Å². The topological polar surface area (TPSA) is 113 Å². The molecule has 7 nitrogen and oxygen atoms in total. The summed E-state index contributed by atoms with van der Waals surface area (Å²) in [6.45, 7) is 0. The van der Waals surface area contributed by atoms with E-state index in [9.17, 15) is 19.7 Å². The molecule has 2 N–H and O–H groups in total. The highest BCUT2D eigenvalue weighted by molar-refractivity contribution is 5.85. The Morgan fingerprint density at radius 2 is 2.23 bits per heavy atom. The maximum absolute atomic E-state index is 10.9. The second kappa shape index (κ2) is 3.05. The van der Waals surface area contributed by atoms with Gasteiger partial charge in [0, 0.05) is 6.07 Å². The average molecular weight is 184 g/mol. The van der Waals surface area contributed by atoms with Crippen molar-refractivity contribution in [2.24, 2.45) is 0 Å². The molecule has 1 rings (SSSR count). The van der Waals surface area contributed by atoms with Gasteiger partial charge in [-0.15, -0.1) is 0 Å². The van der Waals surface area contributed by atoms with Gasteiger partial charge in [0.1, 0.15) is 5.69 Å². The number of aromatic carboxylic acids is 1. The van der Waals surface area contributed by atoms with E-state index in [4.69, 9.17) is 5.11 Å². The highest BCUT2D eigenvalue weighted by Gasteiger charge is 2.13. The molecule has 0 spiro atoms. The van der Waals surface area contributed by atoms with Crippen LogP contribution in [0.15, 0.2) is 17.1 Å². The zero-order valence-corrected chi connectivity index (χ0v) is 6.18. The van der Waals surface area contributed by atoms with Gasteiger partial charge in [0.15, 0.2) is 0 Å². The fourth-order valence-corrected chi connectivity index (χ4v) is 0.730. The standard InChI is InChI=1S/C6H4N2O5/c9-5-1-3(6(10)11)7-2-4(5)8(12)13/h1-2H,(H,7,9)(H,10,11). The molecule has 0 saturated carbocycles. The maximum atomic E-state index is 10.9. The number of carboxylic acid groups (broad SMARTS) is 1. The number of pyridine rings is 1. The number of rotatable bonds is 2. The lowest BCUT2D eigenvalue weighted by Gasteiger charge is -1.92. The molecule has 13 heavy (non-hydrogen) atoms. The molecule has 0 aliphatic rings. The summed E-state index contributed by atoms with van der Waals surface area (Å²) in [6, 6.07) is 0.667. The van der Waals surface area contributed by atoms with Gasteiger partial charge >= 0.3 is 11.7 Å². The molecule has 0 unspecified atom stereocenters. The van der Waals surface area contributed by atoms with Crippen molar-refractivity contribution in [1.29, 1.82) is 0 Å². The summed E-state index contributed by atoms with van der Waals surface area (Å²) in [5.74, 6) is -1.34. The van der Waals surface area contributed by atoms with Crippen molar-refractivity contribution in [3.63, 3.8) is 0 Å². The van der Waals surface area contributed by atoms with Crippen molar-refractivity contribution < 1.29 is 14.8 Å². The fourth-order valence-electron chi connectivity index (χ4n) is 0.730. The summed E-state index contributed by atoms with van der Waals surface area (Å²) in [6.07, 6.45) is 0.756. The van der Waals surface area contributed by atoms with Crippen molar-refractivity contribution in [2.75, 3.05) is 0 Å². The van der Waals surface area contributed by atoms with Gasteiger partial charge in [-0.05, 0) is 0 Å². The van der Waals surface area contributed by atoms with E-state index in [-0.39, 0.29) is 5.69 Å². The van der Waals surface area contributed by atoms with E-state index in [0.29, 0.717) is 6.07 Å². The Hall–Kier alpha value is -2.18. The Bertz CT molecular complexity index is 421. The van der Waals surface area contributed by atoms with Crippen LogP contribution in [0.5, 0.6) is 0 Å². The molecule has 0 bridgehead atoms. The van der Waals surface area contributed by atoms with Gasteiger partial charge < -0.3 is 10.1 Å². The first-order valence-corrected chi connectivity index (χ1v) is 3.13. The smallest absolute Gasteiger partial charge is 0.352 e. The van der Waals surface area contributed by atoms with Gasteiger partial charge in [-0.2, -0.15) is 0 Å². The normalized spacial score (nSPS) is 9.54. The van der Waals surface area contributed by atoms with Crippen LogP contribution in [0.3, 0.4) is 0 Å². The molecule has 0 radical (unpaired) electrons. The number of aromatic amines is 1. The van der Waals surface area contributed by atoms with Gasteiger partial charge in [0.05, 0.1) is 11.1 Å². The lowest BCUT2D eigenvalue weighted by atomic mass is 10.3. The van der Waals surface area contributed by atoms with Crippen LogP contribution in [-0.4, -0.2) is 21.0 Å². The van der Waals surface area contributed by atoms with Gasteiger partial charge in [-0.3, -0.25) is 14.9 Å². The van der Waals surface area contributed by atoms with Crippen LogP contribution in [-0.2, 0) is 0 Å². The number of aromatic nitrogens is 1. The maximum Gasteiger partial charge on any atom is 0.352 e. The summed E-state index contributed by atoms with van der Waals surface area (Å²) in [5.41, 5.74) is -1.98. The Morgan fingerprint density at radius 3 is 2.62 bits per heavy atom. The molecule has 0 aliphatic heterocycles. The third-order valence-corrected chi connectivity index (χ3v) is 1.32. The minimum atomic E-state index is -1.34. The molecule has 7 heteroatoms. The minimum Gasteiger partial charge on any atom is -0.477 e. The van der Waals surface area contributed by atoms with E-state index in [2.05, 4.69) is 4.98 Å². The van der Waals surface area contributed by atoms with Crippen LogP contribution in [0.25, 0.3) is 0 Å². The molecule has 0 aromatic carbocycles. The monoisotopic (exact) mass is 184 g/mol. The summed E-state index contributed by atoms with van der Waals surface area (Å²) in [5, 5.41) is 18.5. The Balaban J connectivity index is 3.29. The van der Waals surface area contributed by atoms with E-state index in [1.54, 1.807) is 0 Å². The van der Waals surface area contributed by atoms with E-state index < -0.39 is 22.0 Å². The molecule has 0 aliphatic carbocycles. The Labute approximate surface area is 70.8 Å². The van der Waals surface area contributed by atoms with Gasteiger partial charge in [-0.1, -0.05) is 0 Å². The molecular formula is C6H4N2O5. The molecular weight excluding hydrogens is 180 g/mol. The quantitative estimate of drug-likeness (QED) is 0.495. The lowest BCUT2D eigenvalue weighted by molar-refractivity contribution is -0.386. The van der Waals surface area contributed by atoms with Crippen LogP contribution < -0.4 is 5.43 Å². The third-order valence-electron chi connectivity index (χ3n) is 1.32. The van der Waals surface area contributed by atoms with E-state index in [0.717, 1.165) is 6.20 Å².